The van der Waals surface area contributed by atoms with Crippen LogP contribution in [0, 0.1) is 10.1 Å². The molecule has 1 N–H and O–H groups in total. The Hall–Kier alpha value is -1.82. The third-order valence-corrected chi connectivity index (χ3v) is 2.81. The molecule has 1 aliphatic rings. The van der Waals surface area contributed by atoms with Crippen LogP contribution in [0.5, 0.6) is 0 Å². The van der Waals surface area contributed by atoms with E-state index in [0.717, 1.165) is 24.5 Å². The van der Waals surface area contributed by atoms with E-state index in [-0.39, 0.29) is 10.6 Å². The van der Waals surface area contributed by atoms with Gasteiger partial charge in [0.25, 0.3) is 5.69 Å². The molecule has 2 rings (SSSR count). The average Bonchev–Trinajstić information content (AvgIpc) is 2.39. The van der Waals surface area contributed by atoms with E-state index >= 15 is 0 Å². The van der Waals surface area contributed by atoms with Gasteiger partial charge in [-0.25, -0.2) is 0 Å². The van der Waals surface area contributed by atoms with Crippen LogP contribution in [0.1, 0.15) is 0 Å². The summed E-state index contributed by atoms with van der Waals surface area (Å²) in [5, 5.41) is 13.7. The molecule has 0 saturated carbocycles. The largest absolute Gasteiger partial charge is 0.386 e. The maximum atomic E-state index is 10.7. The summed E-state index contributed by atoms with van der Waals surface area (Å²) >= 11 is 0. The molecule has 1 aromatic rings. The lowest BCUT2D eigenvalue weighted by Crippen LogP contribution is -2.36. The third-order valence-electron chi connectivity index (χ3n) is 2.81. The van der Waals surface area contributed by atoms with Gasteiger partial charge in [-0.15, -0.1) is 0 Å². The molecule has 0 spiro atoms. The van der Waals surface area contributed by atoms with Crippen LogP contribution in [0.25, 0.3) is 0 Å². The Kier molecular flexibility index (Phi) is 3.43. The second-order valence-corrected chi connectivity index (χ2v) is 3.81. The van der Waals surface area contributed by atoms with E-state index in [1.165, 1.54) is 6.07 Å². The first-order valence-electron chi connectivity index (χ1n) is 5.51. The fourth-order valence-electron chi connectivity index (χ4n) is 1.92. The zero-order valence-electron chi connectivity index (χ0n) is 9.68. The number of nitro benzene ring substituents is 1. The maximum absolute atomic E-state index is 10.7. The number of morpholine rings is 1. The summed E-state index contributed by atoms with van der Waals surface area (Å²) in [6.07, 6.45) is 0. The number of nitrogens with zero attached hydrogens (tertiary/aromatic N) is 2. The number of hydrogen-bond acceptors (Lipinski definition) is 5. The van der Waals surface area contributed by atoms with Crippen molar-refractivity contribution >= 4 is 17.1 Å². The van der Waals surface area contributed by atoms with E-state index in [2.05, 4.69) is 10.2 Å². The van der Waals surface area contributed by atoms with Gasteiger partial charge in [0.1, 0.15) is 0 Å². The van der Waals surface area contributed by atoms with Crippen molar-refractivity contribution in [1.82, 2.24) is 0 Å². The van der Waals surface area contributed by atoms with E-state index in [0.29, 0.717) is 13.2 Å². The summed E-state index contributed by atoms with van der Waals surface area (Å²) in [6, 6.07) is 4.88. The number of anilines is 2. The van der Waals surface area contributed by atoms with Crippen LogP contribution >= 0.6 is 0 Å². The Bertz CT molecular complexity index is 416. The van der Waals surface area contributed by atoms with Gasteiger partial charge in [-0.3, -0.25) is 10.1 Å². The Balaban J connectivity index is 2.29. The monoisotopic (exact) mass is 237 g/mol. The number of nitro groups is 1. The SMILES string of the molecule is CNc1cc([N+](=O)[O-])ccc1N1CCOCC1. The lowest BCUT2D eigenvalue weighted by Gasteiger charge is -2.30. The molecular weight excluding hydrogens is 222 g/mol. The molecule has 0 aromatic heterocycles. The van der Waals surface area contributed by atoms with Crippen molar-refractivity contribution in [1.29, 1.82) is 0 Å². The Morgan fingerprint density at radius 3 is 2.71 bits per heavy atom. The standard InChI is InChI=1S/C11H15N3O3/c1-12-10-8-9(14(15)16)2-3-11(10)13-4-6-17-7-5-13/h2-3,8,12H,4-7H2,1H3. The number of rotatable bonds is 3. The van der Waals surface area contributed by atoms with Crippen LogP contribution in [0.2, 0.25) is 0 Å². The van der Waals surface area contributed by atoms with Crippen LogP contribution in [-0.4, -0.2) is 38.3 Å². The van der Waals surface area contributed by atoms with Crippen molar-refractivity contribution in [2.45, 2.75) is 0 Å². The first kappa shape index (κ1) is 11.7. The zero-order chi connectivity index (χ0) is 12.3. The fourth-order valence-corrected chi connectivity index (χ4v) is 1.92. The highest BCUT2D eigenvalue weighted by molar-refractivity contribution is 5.73. The van der Waals surface area contributed by atoms with Gasteiger partial charge < -0.3 is 15.0 Å². The van der Waals surface area contributed by atoms with Crippen LogP contribution in [0.15, 0.2) is 18.2 Å². The van der Waals surface area contributed by atoms with E-state index < -0.39 is 0 Å². The molecule has 0 unspecified atom stereocenters. The third kappa shape index (κ3) is 2.47. The highest BCUT2D eigenvalue weighted by atomic mass is 16.6. The average molecular weight is 237 g/mol. The van der Waals surface area contributed by atoms with Gasteiger partial charge in [-0.05, 0) is 6.07 Å². The molecule has 6 nitrogen and oxygen atoms in total. The highest BCUT2D eigenvalue weighted by Gasteiger charge is 2.17. The second kappa shape index (κ2) is 5.01. The molecular formula is C11H15N3O3. The van der Waals surface area contributed by atoms with Gasteiger partial charge in [-0.1, -0.05) is 0 Å². The molecule has 0 aliphatic carbocycles. The number of nitrogens with one attached hydrogen (secondary N) is 1. The molecule has 6 heteroatoms. The molecule has 1 saturated heterocycles. The molecule has 1 aromatic carbocycles. The minimum absolute atomic E-state index is 0.103. The first-order valence-corrected chi connectivity index (χ1v) is 5.51. The number of benzene rings is 1. The van der Waals surface area contributed by atoms with Crippen molar-refractivity contribution < 1.29 is 9.66 Å². The lowest BCUT2D eigenvalue weighted by molar-refractivity contribution is -0.384. The molecule has 0 radical (unpaired) electrons. The number of non-ortho nitro benzene ring substituents is 1. The summed E-state index contributed by atoms with van der Waals surface area (Å²) in [7, 11) is 1.77. The molecule has 1 heterocycles. The molecule has 1 aliphatic heterocycles. The summed E-state index contributed by atoms with van der Waals surface area (Å²) in [5.41, 5.74) is 1.87. The van der Waals surface area contributed by atoms with E-state index in [1.807, 2.05) is 0 Å². The van der Waals surface area contributed by atoms with Crippen molar-refractivity contribution in [2.75, 3.05) is 43.6 Å². The zero-order valence-corrected chi connectivity index (χ0v) is 9.68. The second-order valence-electron chi connectivity index (χ2n) is 3.81. The Morgan fingerprint density at radius 2 is 2.12 bits per heavy atom. The Labute approximate surface area is 99.3 Å². The fraction of sp³-hybridized carbons (Fsp3) is 0.455. The van der Waals surface area contributed by atoms with Crippen LogP contribution in [0.3, 0.4) is 0 Å². The van der Waals surface area contributed by atoms with Crippen LogP contribution in [-0.2, 0) is 4.74 Å². The van der Waals surface area contributed by atoms with Gasteiger partial charge in [-0.2, -0.15) is 0 Å². The van der Waals surface area contributed by atoms with E-state index in [1.54, 1.807) is 19.2 Å². The summed E-state index contributed by atoms with van der Waals surface area (Å²) in [5.74, 6) is 0. The summed E-state index contributed by atoms with van der Waals surface area (Å²) in [4.78, 5) is 12.5. The van der Waals surface area contributed by atoms with E-state index in [9.17, 15) is 10.1 Å². The smallest absolute Gasteiger partial charge is 0.271 e. The quantitative estimate of drug-likeness (QED) is 0.637. The van der Waals surface area contributed by atoms with Crippen molar-refractivity contribution in [3.63, 3.8) is 0 Å². The predicted molar refractivity (Wildman–Crippen MR) is 65.7 cm³/mol. The minimum Gasteiger partial charge on any atom is -0.386 e. The van der Waals surface area contributed by atoms with E-state index in [4.69, 9.17) is 4.74 Å². The van der Waals surface area contributed by atoms with Gasteiger partial charge >= 0.3 is 0 Å². The predicted octanol–water partition coefficient (Wildman–Crippen LogP) is 1.47. The molecule has 17 heavy (non-hydrogen) atoms. The molecule has 92 valence electrons. The van der Waals surface area contributed by atoms with Crippen LogP contribution in [0.4, 0.5) is 17.1 Å². The van der Waals surface area contributed by atoms with Crippen molar-refractivity contribution in [3.05, 3.63) is 28.3 Å². The molecule has 0 amide bonds. The first-order chi connectivity index (χ1) is 8.22. The van der Waals surface area contributed by atoms with Gasteiger partial charge in [0.15, 0.2) is 0 Å². The van der Waals surface area contributed by atoms with Gasteiger partial charge in [0.05, 0.1) is 29.5 Å². The van der Waals surface area contributed by atoms with Gasteiger partial charge in [0, 0.05) is 32.3 Å². The summed E-state index contributed by atoms with van der Waals surface area (Å²) < 4.78 is 5.29. The molecule has 1 fully saturated rings. The number of ether oxygens (including phenoxy) is 1. The topological polar surface area (TPSA) is 67.6 Å². The van der Waals surface area contributed by atoms with Gasteiger partial charge in [0.2, 0.25) is 0 Å². The summed E-state index contributed by atoms with van der Waals surface area (Å²) in [6.45, 7) is 3.01. The van der Waals surface area contributed by atoms with Crippen molar-refractivity contribution in [3.8, 4) is 0 Å². The van der Waals surface area contributed by atoms with Crippen molar-refractivity contribution in [2.24, 2.45) is 0 Å². The molecule has 0 atom stereocenters. The number of hydrogen-bond donors (Lipinski definition) is 1. The maximum Gasteiger partial charge on any atom is 0.271 e. The normalized spacial score (nSPS) is 15.7. The minimum atomic E-state index is -0.385. The highest BCUT2D eigenvalue weighted by Crippen LogP contribution is 2.30. The van der Waals surface area contributed by atoms with Crippen LogP contribution < -0.4 is 10.2 Å². The molecule has 0 bridgehead atoms. The Morgan fingerprint density at radius 1 is 1.41 bits per heavy atom. The lowest BCUT2D eigenvalue weighted by atomic mass is 10.2.